The molecule has 44 heavy (non-hydrogen) atoms. The quantitative estimate of drug-likeness (QED) is 0.0707. The Bertz CT molecular complexity index is 1550. The molecule has 4 aromatic rings. The first-order valence-electron chi connectivity index (χ1n) is 15.3. The van der Waals surface area contributed by atoms with Crippen molar-refractivity contribution in [1.29, 1.82) is 0 Å². The molecule has 1 aromatic heterocycles. The van der Waals surface area contributed by atoms with Crippen molar-refractivity contribution in [2.24, 2.45) is 5.92 Å². The van der Waals surface area contributed by atoms with E-state index in [2.05, 4.69) is 77.7 Å². The first-order chi connectivity index (χ1) is 21.3. The average Bonchev–Trinajstić information content (AvgIpc) is 3.46. The number of imidazole rings is 1. The van der Waals surface area contributed by atoms with Crippen LogP contribution in [0.3, 0.4) is 0 Å². The van der Waals surface area contributed by atoms with Crippen LogP contribution in [0.4, 0.5) is 5.69 Å². The van der Waals surface area contributed by atoms with Crippen LogP contribution in [0.1, 0.15) is 56.9 Å². The van der Waals surface area contributed by atoms with Crippen LogP contribution >= 0.6 is 12.2 Å². The molecule has 0 saturated carbocycles. The number of nitro groups is 1. The number of unbranched alkanes of at least 4 members (excludes halogenated alkanes) is 1. The number of thiocarbonyl (C=S) groups is 1. The van der Waals surface area contributed by atoms with Crippen LogP contribution in [-0.2, 0) is 24.3 Å². The number of benzene rings is 3. The van der Waals surface area contributed by atoms with Gasteiger partial charge in [-0.1, -0.05) is 88.2 Å². The van der Waals surface area contributed by atoms with Gasteiger partial charge in [-0.05, 0) is 46.5 Å². The summed E-state index contributed by atoms with van der Waals surface area (Å²) in [5, 5.41) is 20.8. The first-order valence-corrected chi connectivity index (χ1v) is 15.7. The summed E-state index contributed by atoms with van der Waals surface area (Å²) in [5.74, 6) is 0.133. The number of fused-ring (bicyclic) bond motifs is 1. The van der Waals surface area contributed by atoms with E-state index in [9.17, 15) is 14.9 Å². The standard InChI is InChI=1S/C34H42N6O3S/c1-4-6-18-36-34(44)38(22-28-12-9-11-27-10-7-8-13-31(27)28)23-32(25(3)5-2)37-33(41)19-30-20-35-24-39(30)21-26-14-16-29(17-15-26)40(42)43/h7-17,20,24-25,32H,4-6,18-19,21-23H2,1-3H3,(H,36,44)(H,37,41)/t25-,32+/m0/s1. The SMILES string of the molecule is CCCCNC(=S)N(Cc1cccc2ccccc12)C[C@@H](NC(=O)Cc1cncn1Cc1ccc([N+](=O)[O-])cc1)[C@@H](C)CC. The van der Waals surface area contributed by atoms with E-state index in [-0.39, 0.29) is 30.0 Å². The highest BCUT2D eigenvalue weighted by atomic mass is 32.1. The molecule has 232 valence electrons. The van der Waals surface area contributed by atoms with Crippen molar-refractivity contribution in [1.82, 2.24) is 25.1 Å². The number of hydrogen-bond donors (Lipinski definition) is 2. The Kier molecular flexibility index (Phi) is 11.8. The lowest BCUT2D eigenvalue weighted by Gasteiger charge is -2.33. The molecular weight excluding hydrogens is 572 g/mol. The van der Waals surface area contributed by atoms with Crippen LogP contribution in [0.15, 0.2) is 79.3 Å². The summed E-state index contributed by atoms with van der Waals surface area (Å²) >= 11 is 5.91. The summed E-state index contributed by atoms with van der Waals surface area (Å²) in [7, 11) is 0. The fraction of sp³-hybridized carbons (Fsp3) is 0.382. The third-order valence-electron chi connectivity index (χ3n) is 8.07. The molecule has 1 amide bonds. The molecular formula is C34H42N6O3S. The van der Waals surface area contributed by atoms with Crippen LogP contribution in [0.25, 0.3) is 10.8 Å². The van der Waals surface area contributed by atoms with Crippen LogP contribution in [0, 0.1) is 16.0 Å². The van der Waals surface area contributed by atoms with E-state index in [0.717, 1.165) is 37.1 Å². The summed E-state index contributed by atoms with van der Waals surface area (Å²) in [6.07, 6.45) is 6.56. The molecule has 0 radical (unpaired) electrons. The number of nitrogens with one attached hydrogen (secondary N) is 2. The van der Waals surface area contributed by atoms with Crippen LogP contribution in [0.5, 0.6) is 0 Å². The normalized spacial score (nSPS) is 12.4. The maximum absolute atomic E-state index is 13.5. The summed E-state index contributed by atoms with van der Waals surface area (Å²) in [5.41, 5.74) is 2.89. The van der Waals surface area contributed by atoms with Gasteiger partial charge in [0.05, 0.1) is 17.7 Å². The second-order valence-electron chi connectivity index (χ2n) is 11.3. The van der Waals surface area contributed by atoms with E-state index in [0.29, 0.717) is 24.7 Å². The van der Waals surface area contributed by atoms with Crippen LogP contribution < -0.4 is 10.6 Å². The summed E-state index contributed by atoms with van der Waals surface area (Å²) in [6, 6.07) is 21.0. The zero-order valence-electron chi connectivity index (χ0n) is 25.7. The van der Waals surface area contributed by atoms with E-state index < -0.39 is 4.92 Å². The Morgan fingerprint density at radius 3 is 2.57 bits per heavy atom. The first kappa shape index (κ1) is 32.6. The van der Waals surface area contributed by atoms with E-state index in [1.807, 2.05) is 10.6 Å². The van der Waals surface area contributed by atoms with E-state index >= 15 is 0 Å². The maximum Gasteiger partial charge on any atom is 0.269 e. The second-order valence-corrected chi connectivity index (χ2v) is 11.7. The molecule has 0 aliphatic rings. The minimum atomic E-state index is -0.415. The molecule has 2 atom stereocenters. The Hall–Kier alpha value is -4.31. The Balaban J connectivity index is 1.49. The van der Waals surface area contributed by atoms with Gasteiger partial charge in [-0.25, -0.2) is 4.98 Å². The predicted molar refractivity (Wildman–Crippen MR) is 179 cm³/mol. The van der Waals surface area contributed by atoms with Crippen molar-refractivity contribution in [3.8, 4) is 0 Å². The highest BCUT2D eigenvalue weighted by molar-refractivity contribution is 7.80. The van der Waals surface area contributed by atoms with Gasteiger partial charge < -0.3 is 20.1 Å². The topological polar surface area (TPSA) is 105 Å². The van der Waals surface area contributed by atoms with Gasteiger partial charge >= 0.3 is 0 Å². The van der Waals surface area contributed by atoms with Gasteiger partial charge in [-0.2, -0.15) is 0 Å². The molecule has 0 aliphatic heterocycles. The number of aromatic nitrogens is 2. The third kappa shape index (κ3) is 8.86. The molecule has 0 spiro atoms. The van der Waals surface area contributed by atoms with Gasteiger partial charge in [0.25, 0.3) is 5.69 Å². The minimum absolute atomic E-state index is 0.0459. The summed E-state index contributed by atoms with van der Waals surface area (Å²) in [4.78, 5) is 30.5. The number of hydrogen-bond acceptors (Lipinski definition) is 5. The van der Waals surface area contributed by atoms with Crippen molar-refractivity contribution in [2.75, 3.05) is 13.1 Å². The number of carbonyl (C=O) groups is 1. The van der Waals surface area contributed by atoms with Gasteiger partial charge in [0.2, 0.25) is 5.91 Å². The van der Waals surface area contributed by atoms with Gasteiger partial charge in [0.15, 0.2) is 5.11 Å². The van der Waals surface area contributed by atoms with E-state index in [1.54, 1.807) is 24.7 Å². The van der Waals surface area contributed by atoms with Gasteiger partial charge in [-0.3, -0.25) is 14.9 Å². The third-order valence-corrected chi connectivity index (χ3v) is 8.47. The molecule has 2 N–H and O–H groups in total. The number of nitrogens with zero attached hydrogens (tertiary/aromatic N) is 4. The fourth-order valence-electron chi connectivity index (χ4n) is 5.21. The van der Waals surface area contributed by atoms with Gasteiger partial charge in [0.1, 0.15) is 0 Å². The van der Waals surface area contributed by atoms with Gasteiger partial charge in [0, 0.05) is 56.2 Å². The molecule has 10 heteroatoms. The molecule has 0 unspecified atom stereocenters. The molecule has 4 rings (SSSR count). The lowest BCUT2D eigenvalue weighted by atomic mass is 9.97. The van der Waals surface area contributed by atoms with E-state index in [4.69, 9.17) is 12.2 Å². The fourth-order valence-corrected chi connectivity index (χ4v) is 5.45. The number of nitro benzene ring substituents is 1. The number of amides is 1. The summed E-state index contributed by atoms with van der Waals surface area (Å²) in [6.45, 7) is 8.93. The molecule has 0 saturated heterocycles. The molecule has 0 bridgehead atoms. The van der Waals surface area contributed by atoms with Crippen molar-refractivity contribution in [3.05, 3.63) is 106 Å². The highest BCUT2D eigenvalue weighted by Gasteiger charge is 2.24. The number of non-ortho nitro benzene ring substituents is 1. The van der Waals surface area contributed by atoms with Gasteiger partial charge in [-0.15, -0.1) is 0 Å². The minimum Gasteiger partial charge on any atom is -0.363 e. The average molecular weight is 615 g/mol. The molecule has 3 aromatic carbocycles. The molecule has 9 nitrogen and oxygen atoms in total. The number of rotatable bonds is 15. The highest BCUT2D eigenvalue weighted by Crippen LogP contribution is 2.21. The molecule has 0 aliphatic carbocycles. The summed E-state index contributed by atoms with van der Waals surface area (Å²) < 4.78 is 1.90. The smallest absolute Gasteiger partial charge is 0.269 e. The zero-order valence-corrected chi connectivity index (χ0v) is 26.6. The molecule has 0 fully saturated rings. The molecule has 1 heterocycles. The largest absolute Gasteiger partial charge is 0.363 e. The van der Waals surface area contributed by atoms with Crippen LogP contribution in [0.2, 0.25) is 0 Å². The van der Waals surface area contributed by atoms with Crippen LogP contribution in [-0.4, -0.2) is 49.5 Å². The maximum atomic E-state index is 13.5. The van der Waals surface area contributed by atoms with Crippen molar-refractivity contribution < 1.29 is 9.72 Å². The Morgan fingerprint density at radius 2 is 1.84 bits per heavy atom. The lowest BCUT2D eigenvalue weighted by Crippen LogP contribution is -2.51. The van der Waals surface area contributed by atoms with Crippen molar-refractivity contribution in [2.45, 2.75) is 65.6 Å². The lowest BCUT2D eigenvalue weighted by molar-refractivity contribution is -0.384. The predicted octanol–water partition coefficient (Wildman–Crippen LogP) is 6.24. The Labute approximate surface area is 264 Å². The zero-order chi connectivity index (χ0) is 31.5. The number of carbonyl (C=O) groups excluding carboxylic acids is 1. The van der Waals surface area contributed by atoms with E-state index in [1.165, 1.54) is 28.5 Å². The van der Waals surface area contributed by atoms with Crippen molar-refractivity contribution >= 4 is 39.7 Å². The van der Waals surface area contributed by atoms with Crippen molar-refractivity contribution in [3.63, 3.8) is 0 Å². The monoisotopic (exact) mass is 614 g/mol. The second kappa shape index (κ2) is 16.0. The Morgan fingerprint density at radius 1 is 1.09 bits per heavy atom.